The van der Waals surface area contributed by atoms with E-state index in [9.17, 15) is 4.79 Å². The lowest BCUT2D eigenvalue weighted by Gasteiger charge is -2.10. The predicted octanol–water partition coefficient (Wildman–Crippen LogP) is 1.48. The summed E-state index contributed by atoms with van der Waals surface area (Å²) in [6.07, 6.45) is 5.15. The maximum absolute atomic E-state index is 10.7. The second-order valence-corrected chi connectivity index (χ2v) is 3.01. The Morgan fingerprint density at radius 1 is 1.77 bits per heavy atom. The zero-order valence-electron chi connectivity index (χ0n) is 7.90. The van der Waals surface area contributed by atoms with Gasteiger partial charge < -0.3 is 9.67 Å². The number of carbonyl (C=O) groups is 1. The molecule has 72 valence electrons. The molecule has 0 aliphatic heterocycles. The van der Waals surface area contributed by atoms with Crippen molar-refractivity contribution < 1.29 is 9.90 Å². The number of imidazole rings is 1. The molecule has 13 heavy (non-hydrogen) atoms. The van der Waals surface area contributed by atoms with Gasteiger partial charge in [0.2, 0.25) is 0 Å². The van der Waals surface area contributed by atoms with Gasteiger partial charge in [-0.25, -0.2) is 9.78 Å². The number of aliphatic carboxylic acids is 1. The Morgan fingerprint density at radius 2 is 2.46 bits per heavy atom. The van der Waals surface area contributed by atoms with Crippen LogP contribution in [-0.2, 0) is 11.2 Å². The third-order valence-electron chi connectivity index (χ3n) is 2.00. The maximum Gasteiger partial charge on any atom is 0.326 e. The first kappa shape index (κ1) is 9.77. The Morgan fingerprint density at radius 3 is 3.00 bits per heavy atom. The molecule has 1 aromatic heterocycles. The van der Waals surface area contributed by atoms with E-state index in [1.165, 1.54) is 0 Å². The molecule has 0 radical (unpaired) electrons. The van der Waals surface area contributed by atoms with Gasteiger partial charge in [-0.1, -0.05) is 6.92 Å². The van der Waals surface area contributed by atoms with Crippen LogP contribution in [0.15, 0.2) is 12.4 Å². The van der Waals surface area contributed by atoms with Crippen LogP contribution < -0.4 is 0 Å². The largest absolute Gasteiger partial charge is 0.480 e. The molecule has 0 amide bonds. The summed E-state index contributed by atoms with van der Waals surface area (Å²) < 4.78 is 1.70. The van der Waals surface area contributed by atoms with Crippen molar-refractivity contribution in [3.8, 4) is 0 Å². The molecule has 0 saturated carbocycles. The first-order valence-corrected chi connectivity index (χ1v) is 4.41. The first-order valence-electron chi connectivity index (χ1n) is 4.41. The highest BCUT2D eigenvalue weighted by Crippen LogP contribution is 2.10. The molecule has 1 atom stereocenters. The second kappa shape index (κ2) is 4.07. The summed E-state index contributed by atoms with van der Waals surface area (Å²) >= 11 is 0. The van der Waals surface area contributed by atoms with Crippen molar-refractivity contribution in [2.24, 2.45) is 0 Å². The molecule has 0 unspecified atom stereocenters. The quantitative estimate of drug-likeness (QED) is 0.767. The van der Waals surface area contributed by atoms with Gasteiger partial charge in [0.1, 0.15) is 11.9 Å². The van der Waals surface area contributed by atoms with Gasteiger partial charge in [0.15, 0.2) is 0 Å². The van der Waals surface area contributed by atoms with Crippen molar-refractivity contribution in [3.63, 3.8) is 0 Å². The van der Waals surface area contributed by atoms with E-state index in [-0.39, 0.29) is 0 Å². The van der Waals surface area contributed by atoms with E-state index in [0.717, 1.165) is 18.7 Å². The minimum absolute atomic E-state index is 0.524. The lowest BCUT2D eigenvalue weighted by atomic mass is 10.3. The monoisotopic (exact) mass is 182 g/mol. The number of hydrogen-bond acceptors (Lipinski definition) is 2. The normalized spacial score (nSPS) is 12.8. The number of carboxylic acid groups (broad SMARTS) is 1. The Kier molecular flexibility index (Phi) is 3.06. The number of aryl methyl sites for hydroxylation is 1. The zero-order valence-corrected chi connectivity index (χ0v) is 7.90. The highest BCUT2D eigenvalue weighted by Gasteiger charge is 2.15. The average molecular weight is 182 g/mol. The maximum atomic E-state index is 10.7. The fourth-order valence-electron chi connectivity index (χ4n) is 1.23. The van der Waals surface area contributed by atoms with E-state index < -0.39 is 12.0 Å². The minimum Gasteiger partial charge on any atom is -0.480 e. The second-order valence-electron chi connectivity index (χ2n) is 3.01. The fraction of sp³-hybridized carbons (Fsp3) is 0.556. The van der Waals surface area contributed by atoms with Gasteiger partial charge in [0, 0.05) is 18.8 Å². The van der Waals surface area contributed by atoms with Crippen LogP contribution >= 0.6 is 0 Å². The third-order valence-corrected chi connectivity index (χ3v) is 2.00. The predicted molar refractivity (Wildman–Crippen MR) is 48.6 cm³/mol. The van der Waals surface area contributed by atoms with Gasteiger partial charge >= 0.3 is 5.97 Å². The SMILES string of the molecule is CCCc1nccn1[C@@H](C)C(=O)O. The third kappa shape index (κ3) is 2.08. The number of nitrogens with zero attached hydrogens (tertiary/aromatic N) is 2. The summed E-state index contributed by atoms with van der Waals surface area (Å²) in [7, 11) is 0. The molecular weight excluding hydrogens is 168 g/mol. The molecular formula is C9H14N2O2. The van der Waals surface area contributed by atoms with Crippen molar-refractivity contribution >= 4 is 5.97 Å². The smallest absolute Gasteiger partial charge is 0.326 e. The molecule has 0 fully saturated rings. The van der Waals surface area contributed by atoms with Crippen LogP contribution in [-0.4, -0.2) is 20.6 Å². The minimum atomic E-state index is -0.824. The van der Waals surface area contributed by atoms with Gasteiger partial charge in [-0.05, 0) is 13.3 Å². The molecule has 0 spiro atoms. The topological polar surface area (TPSA) is 55.1 Å². The average Bonchev–Trinajstić information content (AvgIpc) is 2.52. The van der Waals surface area contributed by atoms with Crippen LogP contribution in [0.1, 0.15) is 32.1 Å². The molecule has 0 aromatic carbocycles. The molecule has 0 bridgehead atoms. The summed E-state index contributed by atoms with van der Waals surface area (Å²) in [5.74, 6) is 0.0211. The molecule has 0 aliphatic rings. The van der Waals surface area contributed by atoms with E-state index in [1.807, 2.05) is 6.92 Å². The summed E-state index contributed by atoms with van der Waals surface area (Å²) in [5.41, 5.74) is 0. The van der Waals surface area contributed by atoms with Crippen LogP contribution in [0.3, 0.4) is 0 Å². The molecule has 4 nitrogen and oxygen atoms in total. The molecule has 1 rings (SSSR count). The van der Waals surface area contributed by atoms with Crippen LogP contribution in [0.4, 0.5) is 0 Å². The van der Waals surface area contributed by atoms with E-state index in [2.05, 4.69) is 4.98 Å². The number of hydrogen-bond donors (Lipinski definition) is 1. The van der Waals surface area contributed by atoms with Gasteiger partial charge in [-0.2, -0.15) is 0 Å². The lowest BCUT2D eigenvalue weighted by Crippen LogP contribution is -2.17. The van der Waals surface area contributed by atoms with Crippen molar-refractivity contribution in [1.29, 1.82) is 0 Å². The standard InChI is InChI=1S/C9H14N2O2/c1-3-4-8-10-5-6-11(8)7(2)9(12)13/h5-7H,3-4H2,1-2H3,(H,12,13)/t7-/m0/s1. The van der Waals surface area contributed by atoms with E-state index >= 15 is 0 Å². The summed E-state index contributed by atoms with van der Waals surface area (Å²) in [6, 6.07) is -0.524. The van der Waals surface area contributed by atoms with Crippen LogP contribution in [0.25, 0.3) is 0 Å². The van der Waals surface area contributed by atoms with Gasteiger partial charge in [0.05, 0.1) is 0 Å². The summed E-state index contributed by atoms with van der Waals surface area (Å²) in [6.45, 7) is 3.70. The summed E-state index contributed by atoms with van der Waals surface area (Å²) in [4.78, 5) is 14.8. The van der Waals surface area contributed by atoms with Crippen molar-refractivity contribution in [3.05, 3.63) is 18.2 Å². The molecule has 1 heterocycles. The molecule has 4 heteroatoms. The van der Waals surface area contributed by atoms with E-state index in [0.29, 0.717) is 0 Å². The van der Waals surface area contributed by atoms with Gasteiger partial charge in [0.25, 0.3) is 0 Å². The Balaban J connectivity index is 2.86. The first-order chi connectivity index (χ1) is 6.16. The zero-order chi connectivity index (χ0) is 9.84. The number of carboxylic acids is 1. The highest BCUT2D eigenvalue weighted by atomic mass is 16.4. The Labute approximate surface area is 77.2 Å². The Hall–Kier alpha value is -1.32. The Bertz CT molecular complexity index is 294. The van der Waals surface area contributed by atoms with Crippen LogP contribution in [0.5, 0.6) is 0 Å². The fourth-order valence-corrected chi connectivity index (χ4v) is 1.23. The highest BCUT2D eigenvalue weighted by molar-refractivity contribution is 5.71. The van der Waals surface area contributed by atoms with Crippen molar-refractivity contribution in [2.45, 2.75) is 32.7 Å². The van der Waals surface area contributed by atoms with Gasteiger partial charge in [-0.15, -0.1) is 0 Å². The van der Waals surface area contributed by atoms with E-state index in [1.54, 1.807) is 23.9 Å². The van der Waals surface area contributed by atoms with Crippen molar-refractivity contribution in [2.75, 3.05) is 0 Å². The lowest BCUT2D eigenvalue weighted by molar-refractivity contribution is -0.140. The van der Waals surface area contributed by atoms with Crippen molar-refractivity contribution in [1.82, 2.24) is 9.55 Å². The molecule has 0 aliphatic carbocycles. The summed E-state index contributed by atoms with van der Waals surface area (Å²) in [5, 5.41) is 8.80. The number of rotatable bonds is 4. The molecule has 1 aromatic rings. The van der Waals surface area contributed by atoms with Crippen LogP contribution in [0, 0.1) is 0 Å². The van der Waals surface area contributed by atoms with E-state index in [4.69, 9.17) is 5.11 Å². The van der Waals surface area contributed by atoms with Gasteiger partial charge in [-0.3, -0.25) is 0 Å². The number of aromatic nitrogens is 2. The van der Waals surface area contributed by atoms with Crippen LogP contribution in [0.2, 0.25) is 0 Å². The molecule has 0 saturated heterocycles. The molecule has 1 N–H and O–H groups in total.